The van der Waals surface area contributed by atoms with Crippen molar-refractivity contribution in [3.8, 4) is 0 Å². The molecule has 3 aromatic rings. The maximum atomic E-state index is 12.4. The zero-order chi connectivity index (χ0) is 17.8. The Hall–Kier alpha value is -3.32. The summed E-state index contributed by atoms with van der Waals surface area (Å²) in [5.41, 5.74) is 6.36. The van der Waals surface area contributed by atoms with Crippen LogP contribution in [0.4, 0.5) is 5.69 Å². The lowest BCUT2D eigenvalue weighted by Crippen LogP contribution is -2.28. The first kappa shape index (κ1) is 16.5. The van der Waals surface area contributed by atoms with Crippen molar-refractivity contribution in [2.24, 2.45) is 5.73 Å². The fraction of sp³-hybridized carbons (Fsp3) is 0.111. The summed E-state index contributed by atoms with van der Waals surface area (Å²) in [6, 6.07) is 13.5. The monoisotopic (exact) mass is 336 g/mol. The van der Waals surface area contributed by atoms with Crippen LogP contribution in [0.5, 0.6) is 0 Å². The second-order valence-electron chi connectivity index (χ2n) is 5.42. The van der Waals surface area contributed by atoms with Crippen LogP contribution in [0.3, 0.4) is 0 Å². The van der Waals surface area contributed by atoms with Gasteiger partial charge in [0.05, 0.1) is 29.5 Å². The minimum atomic E-state index is -0.434. The predicted molar refractivity (Wildman–Crippen MR) is 94.5 cm³/mol. The Morgan fingerprint density at radius 3 is 2.60 bits per heavy atom. The van der Waals surface area contributed by atoms with Crippen LogP contribution in [-0.2, 0) is 11.3 Å². The van der Waals surface area contributed by atoms with E-state index in [9.17, 15) is 14.4 Å². The maximum Gasteiger partial charge on any atom is 0.261 e. The van der Waals surface area contributed by atoms with Gasteiger partial charge in [0.15, 0.2) is 5.78 Å². The Morgan fingerprint density at radius 1 is 1.08 bits per heavy atom. The second kappa shape index (κ2) is 7.06. The van der Waals surface area contributed by atoms with E-state index < -0.39 is 5.91 Å². The lowest BCUT2D eigenvalue weighted by atomic mass is 10.1. The molecule has 3 N–H and O–H groups in total. The van der Waals surface area contributed by atoms with Crippen LogP contribution in [0.25, 0.3) is 10.9 Å². The molecule has 7 heteroatoms. The van der Waals surface area contributed by atoms with Gasteiger partial charge in [-0.05, 0) is 24.3 Å². The molecule has 126 valence electrons. The zero-order valence-electron chi connectivity index (χ0n) is 13.3. The molecule has 0 aliphatic rings. The smallest absolute Gasteiger partial charge is 0.261 e. The van der Waals surface area contributed by atoms with Crippen LogP contribution < -0.4 is 16.6 Å². The highest BCUT2D eigenvalue weighted by Gasteiger charge is 2.13. The number of hydrogen-bond acceptors (Lipinski definition) is 5. The van der Waals surface area contributed by atoms with Crippen molar-refractivity contribution in [3.63, 3.8) is 0 Å². The Bertz CT molecular complexity index is 1010. The molecular formula is C18H16N4O3. The summed E-state index contributed by atoms with van der Waals surface area (Å²) < 4.78 is 1.23. The Labute approximate surface area is 143 Å². The standard InChI is InChI=1S/C18H16N4O3/c19-9-16(23)12-5-1-4-8-15(12)21-17(24)10-22-11-20-14-7-3-2-6-13(14)18(22)25/h1-8,11H,9-10,19H2,(H,21,24). The number of fused-ring (bicyclic) bond motifs is 1. The molecule has 0 bridgehead atoms. The number of hydrogen-bond donors (Lipinski definition) is 2. The van der Waals surface area contributed by atoms with Crippen LogP contribution in [0.2, 0.25) is 0 Å². The fourth-order valence-corrected chi connectivity index (χ4v) is 2.51. The fourth-order valence-electron chi connectivity index (χ4n) is 2.51. The number of Topliss-reactive ketones (excluding diaryl/α,β-unsaturated/α-hetero) is 1. The highest BCUT2D eigenvalue weighted by molar-refractivity contribution is 6.05. The van der Waals surface area contributed by atoms with Gasteiger partial charge >= 0.3 is 0 Å². The highest BCUT2D eigenvalue weighted by Crippen LogP contribution is 2.15. The first-order valence-electron chi connectivity index (χ1n) is 7.66. The van der Waals surface area contributed by atoms with E-state index in [0.29, 0.717) is 22.2 Å². The quantitative estimate of drug-likeness (QED) is 0.680. The van der Waals surface area contributed by atoms with Crippen LogP contribution in [-0.4, -0.2) is 27.8 Å². The van der Waals surface area contributed by atoms with Crippen molar-refractivity contribution < 1.29 is 9.59 Å². The van der Waals surface area contributed by atoms with Crippen molar-refractivity contribution in [1.82, 2.24) is 9.55 Å². The van der Waals surface area contributed by atoms with Crippen LogP contribution >= 0.6 is 0 Å². The zero-order valence-corrected chi connectivity index (χ0v) is 13.3. The van der Waals surface area contributed by atoms with Crippen molar-refractivity contribution in [2.75, 3.05) is 11.9 Å². The number of amides is 1. The number of nitrogens with two attached hydrogens (primary N) is 1. The molecular weight excluding hydrogens is 320 g/mol. The molecule has 0 unspecified atom stereocenters. The minimum absolute atomic E-state index is 0.152. The Kier molecular flexibility index (Phi) is 4.67. The van der Waals surface area contributed by atoms with E-state index in [1.165, 1.54) is 10.9 Å². The molecule has 2 aromatic carbocycles. The van der Waals surface area contributed by atoms with E-state index in [2.05, 4.69) is 10.3 Å². The van der Waals surface area contributed by atoms with E-state index in [-0.39, 0.29) is 24.4 Å². The van der Waals surface area contributed by atoms with E-state index in [1.54, 1.807) is 48.5 Å². The van der Waals surface area contributed by atoms with E-state index >= 15 is 0 Å². The number of carbonyl (C=O) groups excluding carboxylic acids is 2. The lowest BCUT2D eigenvalue weighted by molar-refractivity contribution is -0.116. The summed E-state index contributed by atoms with van der Waals surface area (Å²) >= 11 is 0. The van der Waals surface area contributed by atoms with Gasteiger partial charge in [0, 0.05) is 5.56 Å². The summed E-state index contributed by atoms with van der Waals surface area (Å²) in [4.78, 5) is 40.7. The molecule has 0 aliphatic heterocycles. The number of carbonyl (C=O) groups is 2. The van der Waals surface area contributed by atoms with Crippen LogP contribution in [0.15, 0.2) is 59.7 Å². The van der Waals surface area contributed by atoms with Crippen LogP contribution in [0, 0.1) is 0 Å². The summed E-state index contributed by atoms with van der Waals surface area (Å²) in [6.45, 7) is -0.358. The number of para-hydroxylation sites is 2. The predicted octanol–water partition coefficient (Wildman–Crippen LogP) is 1.18. The van der Waals surface area contributed by atoms with E-state index in [1.807, 2.05) is 0 Å². The lowest BCUT2D eigenvalue weighted by Gasteiger charge is -2.11. The molecule has 0 fully saturated rings. The number of nitrogens with zero attached hydrogens (tertiary/aromatic N) is 2. The van der Waals surface area contributed by atoms with Gasteiger partial charge in [-0.25, -0.2) is 4.98 Å². The molecule has 25 heavy (non-hydrogen) atoms. The normalized spacial score (nSPS) is 10.6. The molecule has 1 amide bonds. The number of rotatable bonds is 5. The number of nitrogens with one attached hydrogen (secondary N) is 1. The summed E-state index contributed by atoms with van der Waals surface area (Å²) in [5.74, 6) is -0.711. The molecule has 0 spiro atoms. The largest absolute Gasteiger partial charge is 0.324 e. The number of benzene rings is 2. The number of anilines is 1. The molecule has 0 saturated carbocycles. The number of ketones is 1. The van der Waals surface area contributed by atoms with Crippen molar-refractivity contribution in [1.29, 1.82) is 0 Å². The minimum Gasteiger partial charge on any atom is -0.324 e. The average Bonchev–Trinajstić information content (AvgIpc) is 2.64. The molecule has 0 radical (unpaired) electrons. The maximum absolute atomic E-state index is 12.4. The van der Waals surface area contributed by atoms with Gasteiger partial charge in [0.2, 0.25) is 5.91 Å². The van der Waals surface area contributed by atoms with Gasteiger partial charge in [-0.1, -0.05) is 24.3 Å². The molecule has 0 saturated heterocycles. The van der Waals surface area contributed by atoms with Crippen LogP contribution in [0.1, 0.15) is 10.4 Å². The highest BCUT2D eigenvalue weighted by atomic mass is 16.2. The topological polar surface area (TPSA) is 107 Å². The van der Waals surface area contributed by atoms with Crippen molar-refractivity contribution in [2.45, 2.75) is 6.54 Å². The van der Waals surface area contributed by atoms with Crippen molar-refractivity contribution in [3.05, 3.63) is 70.8 Å². The third-order valence-electron chi connectivity index (χ3n) is 3.73. The Balaban J connectivity index is 1.84. The summed E-state index contributed by atoms with van der Waals surface area (Å²) in [6.07, 6.45) is 1.33. The van der Waals surface area contributed by atoms with Crippen molar-refractivity contribution >= 4 is 28.3 Å². The summed E-state index contributed by atoms with van der Waals surface area (Å²) in [5, 5.41) is 3.09. The van der Waals surface area contributed by atoms with E-state index in [4.69, 9.17) is 5.73 Å². The first-order chi connectivity index (χ1) is 12.1. The van der Waals surface area contributed by atoms with E-state index in [0.717, 1.165) is 0 Å². The third kappa shape index (κ3) is 3.46. The molecule has 0 aliphatic carbocycles. The first-order valence-corrected chi connectivity index (χ1v) is 7.66. The molecule has 1 heterocycles. The molecule has 3 rings (SSSR count). The average molecular weight is 336 g/mol. The van der Waals surface area contributed by atoms with Gasteiger partial charge in [-0.2, -0.15) is 0 Å². The van der Waals surface area contributed by atoms with Gasteiger partial charge in [-0.3, -0.25) is 19.0 Å². The molecule has 0 atom stereocenters. The Morgan fingerprint density at radius 2 is 1.80 bits per heavy atom. The van der Waals surface area contributed by atoms with Gasteiger partial charge in [-0.15, -0.1) is 0 Å². The summed E-state index contributed by atoms with van der Waals surface area (Å²) in [7, 11) is 0. The van der Waals surface area contributed by atoms with Gasteiger partial charge in [0.1, 0.15) is 6.54 Å². The van der Waals surface area contributed by atoms with Gasteiger partial charge in [0.25, 0.3) is 5.56 Å². The van der Waals surface area contributed by atoms with Gasteiger partial charge < -0.3 is 11.1 Å². The third-order valence-corrected chi connectivity index (χ3v) is 3.73. The molecule has 7 nitrogen and oxygen atoms in total. The molecule has 1 aromatic heterocycles. The second-order valence-corrected chi connectivity index (χ2v) is 5.42. The number of aromatic nitrogens is 2. The SMILES string of the molecule is NCC(=O)c1ccccc1NC(=O)Cn1cnc2ccccc2c1=O.